The molecule has 0 saturated heterocycles. The molecule has 6 nitrogen and oxygen atoms in total. The first-order chi connectivity index (χ1) is 4.88. The highest BCUT2D eigenvalue weighted by molar-refractivity contribution is 5.73. The van der Waals surface area contributed by atoms with Crippen molar-refractivity contribution in [1.29, 1.82) is 16.2 Å². The predicted molar refractivity (Wildman–Crippen MR) is 48.1 cm³/mol. The van der Waals surface area contributed by atoms with Crippen molar-refractivity contribution in [2.24, 2.45) is 17.2 Å². The molecule has 0 aromatic rings. The van der Waals surface area contributed by atoms with E-state index in [4.69, 9.17) is 27.7 Å². The van der Waals surface area contributed by atoms with E-state index in [1.807, 2.05) is 0 Å². The van der Waals surface area contributed by atoms with E-state index in [1.54, 1.807) is 0 Å². The van der Waals surface area contributed by atoms with Crippen LogP contribution >= 0.6 is 0 Å². The van der Waals surface area contributed by atoms with E-state index in [9.17, 15) is 0 Å². The Morgan fingerprint density at radius 2 is 1.09 bits per heavy atom. The summed E-state index contributed by atoms with van der Waals surface area (Å²) < 4.78 is 0. The monoisotopic (exact) mass is 160 g/mol. The van der Waals surface area contributed by atoms with Crippen LogP contribution in [0.2, 0.25) is 0 Å². The molecule has 0 unspecified atom stereocenters. The molecule has 0 heterocycles. The Kier molecular flexibility index (Phi) is 23.2. The van der Waals surface area contributed by atoms with Gasteiger partial charge in [-0.3, -0.25) is 16.2 Å². The lowest BCUT2D eigenvalue weighted by atomic mass is 10.8. The second kappa shape index (κ2) is 15.8. The van der Waals surface area contributed by atoms with Crippen molar-refractivity contribution < 1.29 is 0 Å². The Balaban J connectivity index is -0.0000000886. The Labute approximate surface area is 66.3 Å². The molecule has 0 spiro atoms. The van der Waals surface area contributed by atoms with Crippen molar-refractivity contribution in [2.45, 2.75) is 13.8 Å². The predicted octanol–water partition coefficient (Wildman–Crippen LogP) is -0.563. The lowest BCUT2D eigenvalue weighted by molar-refractivity contribution is 1.42. The van der Waals surface area contributed by atoms with Crippen LogP contribution in [-0.4, -0.2) is 18.0 Å². The van der Waals surface area contributed by atoms with Crippen molar-refractivity contribution in [1.82, 2.24) is 0 Å². The first kappa shape index (κ1) is 16.2. The summed E-state index contributed by atoms with van der Waals surface area (Å²) in [5.74, 6) is 0.333. The normalized spacial score (nSPS) is 5.64. The fourth-order valence-electron chi connectivity index (χ4n) is 0. The zero-order valence-electron chi connectivity index (χ0n) is 6.81. The first-order valence-electron chi connectivity index (χ1n) is 2.70. The molecule has 66 valence electrons. The van der Waals surface area contributed by atoms with Gasteiger partial charge in [-0.05, 0) is 13.8 Å². The lowest BCUT2D eigenvalue weighted by Crippen LogP contribution is -2.00. The fourth-order valence-corrected chi connectivity index (χ4v) is 0. The maximum absolute atomic E-state index is 6.28. The van der Waals surface area contributed by atoms with Crippen LogP contribution in [0, 0.1) is 16.2 Å². The highest BCUT2D eigenvalue weighted by Crippen LogP contribution is 1.36. The average Bonchev–Trinajstić information content (AvgIpc) is 1.60. The number of hydrogen-bond donors (Lipinski definition) is 6. The highest BCUT2D eigenvalue weighted by Gasteiger charge is 1.54. The molecular weight excluding hydrogens is 144 g/mol. The number of nitrogens with one attached hydrogen (secondary N) is 3. The number of nitrogens with two attached hydrogens (primary N) is 3. The van der Waals surface area contributed by atoms with Gasteiger partial charge in [0.1, 0.15) is 0 Å². The summed E-state index contributed by atoms with van der Waals surface area (Å²) in [5, 5.41) is 18.4. The quantitative estimate of drug-likeness (QED) is 0.208. The van der Waals surface area contributed by atoms with Gasteiger partial charge in [0.2, 0.25) is 0 Å². The minimum absolute atomic E-state index is 0.167. The van der Waals surface area contributed by atoms with Gasteiger partial charge in [-0.2, -0.15) is 0 Å². The zero-order valence-corrected chi connectivity index (χ0v) is 6.81. The van der Waals surface area contributed by atoms with E-state index in [-0.39, 0.29) is 11.7 Å². The molecule has 0 fully saturated rings. The number of rotatable bonds is 0. The van der Waals surface area contributed by atoms with Gasteiger partial charge in [0, 0.05) is 0 Å². The van der Waals surface area contributed by atoms with E-state index >= 15 is 0 Å². The summed E-state index contributed by atoms with van der Waals surface area (Å²) in [7, 11) is 0. The summed E-state index contributed by atoms with van der Waals surface area (Å²) in [6.07, 6.45) is 0.750. The maximum atomic E-state index is 6.28. The molecule has 0 aromatic heterocycles. The molecule has 0 aliphatic carbocycles. The van der Waals surface area contributed by atoms with Gasteiger partial charge in [0.05, 0.1) is 18.0 Å². The van der Waals surface area contributed by atoms with E-state index in [0.29, 0.717) is 0 Å². The molecule has 0 rings (SSSR count). The molecule has 9 N–H and O–H groups in total. The van der Waals surface area contributed by atoms with Gasteiger partial charge in [-0.25, -0.2) is 0 Å². The van der Waals surface area contributed by atoms with Crippen LogP contribution in [0.5, 0.6) is 0 Å². The SMILES string of the molecule is CC(=N)N.CC(=N)N.N=CN. The Morgan fingerprint density at radius 3 is 1.09 bits per heavy atom. The van der Waals surface area contributed by atoms with E-state index < -0.39 is 0 Å². The molecule has 0 amide bonds. The minimum atomic E-state index is 0.167. The lowest BCUT2D eigenvalue weighted by Gasteiger charge is -1.66. The van der Waals surface area contributed by atoms with Crippen LogP contribution in [0.4, 0.5) is 0 Å². The third-order valence-corrected chi connectivity index (χ3v) is 0. The van der Waals surface area contributed by atoms with Gasteiger partial charge in [-0.1, -0.05) is 0 Å². The highest BCUT2D eigenvalue weighted by atomic mass is 14.7. The third-order valence-electron chi connectivity index (χ3n) is 0. The molecule has 0 bridgehead atoms. The molecule has 0 atom stereocenters. The molecule has 0 radical (unpaired) electrons. The van der Waals surface area contributed by atoms with Crippen molar-refractivity contribution >= 4 is 18.0 Å². The van der Waals surface area contributed by atoms with E-state index in [0.717, 1.165) is 6.34 Å². The van der Waals surface area contributed by atoms with Crippen LogP contribution in [0.25, 0.3) is 0 Å². The van der Waals surface area contributed by atoms with Crippen molar-refractivity contribution in [3.63, 3.8) is 0 Å². The zero-order chi connectivity index (χ0) is 9.86. The van der Waals surface area contributed by atoms with Gasteiger partial charge in [-0.15, -0.1) is 0 Å². The van der Waals surface area contributed by atoms with Crippen molar-refractivity contribution in [3.8, 4) is 0 Å². The van der Waals surface area contributed by atoms with Gasteiger partial charge < -0.3 is 17.2 Å². The standard InChI is InChI=1S/2C2H6N2.CH4N2/c2*1-2(3)4;2-1-3/h2*1H3,(H3,3,4);1H,(H3,2,3). The largest absolute Gasteiger partial charge is 0.390 e. The van der Waals surface area contributed by atoms with Gasteiger partial charge in [0.25, 0.3) is 0 Å². The number of hydrogen-bond acceptors (Lipinski definition) is 3. The third kappa shape index (κ3) is 137. The average molecular weight is 160 g/mol. The second-order valence-corrected chi connectivity index (χ2v) is 1.53. The molecule has 0 aromatic carbocycles. The summed E-state index contributed by atoms with van der Waals surface area (Å²) >= 11 is 0. The molecule has 11 heavy (non-hydrogen) atoms. The van der Waals surface area contributed by atoms with Crippen LogP contribution in [0.1, 0.15) is 13.8 Å². The maximum Gasteiger partial charge on any atom is 0.0873 e. The Bertz CT molecular complexity index is 98.1. The molecule has 6 heteroatoms. The smallest absolute Gasteiger partial charge is 0.0873 e. The van der Waals surface area contributed by atoms with Crippen LogP contribution in [0.15, 0.2) is 0 Å². The molecule has 0 aliphatic rings. The van der Waals surface area contributed by atoms with Gasteiger partial charge in [0.15, 0.2) is 0 Å². The van der Waals surface area contributed by atoms with Crippen molar-refractivity contribution in [3.05, 3.63) is 0 Å². The molecular formula is C5H16N6. The summed E-state index contributed by atoms with van der Waals surface area (Å²) in [6, 6.07) is 0. The van der Waals surface area contributed by atoms with Crippen LogP contribution in [-0.2, 0) is 0 Å². The summed E-state index contributed by atoms with van der Waals surface area (Å²) in [5.41, 5.74) is 13.8. The summed E-state index contributed by atoms with van der Waals surface area (Å²) in [4.78, 5) is 0. The van der Waals surface area contributed by atoms with E-state index in [2.05, 4.69) is 5.73 Å². The summed E-state index contributed by atoms with van der Waals surface area (Å²) in [6.45, 7) is 3.06. The Hall–Kier alpha value is -1.59. The van der Waals surface area contributed by atoms with Crippen LogP contribution < -0.4 is 17.2 Å². The van der Waals surface area contributed by atoms with Gasteiger partial charge >= 0.3 is 0 Å². The molecule has 0 saturated carbocycles. The second-order valence-electron chi connectivity index (χ2n) is 1.53. The van der Waals surface area contributed by atoms with E-state index in [1.165, 1.54) is 13.8 Å². The first-order valence-corrected chi connectivity index (χ1v) is 2.70. The van der Waals surface area contributed by atoms with Crippen LogP contribution in [0.3, 0.4) is 0 Å². The fraction of sp³-hybridized carbons (Fsp3) is 0.400. The van der Waals surface area contributed by atoms with Crippen molar-refractivity contribution in [2.75, 3.05) is 0 Å². The number of amidine groups is 2. The molecule has 0 aliphatic heterocycles. The topological polar surface area (TPSA) is 150 Å². The Morgan fingerprint density at radius 1 is 1.09 bits per heavy atom. The minimum Gasteiger partial charge on any atom is -0.390 e.